The second-order valence-corrected chi connectivity index (χ2v) is 8.31. The van der Waals surface area contributed by atoms with Gasteiger partial charge in [0.2, 0.25) is 0 Å². The molecule has 10 heteroatoms. The molecular weight excluding hydrogens is 401 g/mol. The molecule has 2 heterocycles. The smallest absolute Gasteiger partial charge is 0.272 e. The van der Waals surface area contributed by atoms with Crippen molar-refractivity contribution in [2.24, 2.45) is 0 Å². The SMILES string of the molecule is O=C(Nc1ccc(F)c(Cl)c1)c1ccnc(NS(=O)(=O)c2cccs2)c1. The first kappa shape index (κ1) is 18.3. The molecule has 0 spiro atoms. The van der Waals surface area contributed by atoms with Crippen LogP contribution in [0.2, 0.25) is 5.02 Å². The average Bonchev–Trinajstić information content (AvgIpc) is 3.14. The quantitative estimate of drug-likeness (QED) is 0.664. The molecular formula is C16H11ClFN3O3S2. The molecule has 0 saturated carbocycles. The van der Waals surface area contributed by atoms with Crippen molar-refractivity contribution in [2.45, 2.75) is 4.21 Å². The second kappa shape index (κ2) is 7.40. The van der Waals surface area contributed by atoms with E-state index >= 15 is 0 Å². The van der Waals surface area contributed by atoms with Crippen molar-refractivity contribution in [3.05, 3.63) is 70.4 Å². The van der Waals surface area contributed by atoms with Crippen molar-refractivity contribution >= 4 is 50.4 Å². The van der Waals surface area contributed by atoms with Gasteiger partial charge in [-0.05, 0) is 41.8 Å². The van der Waals surface area contributed by atoms with Gasteiger partial charge in [-0.3, -0.25) is 9.52 Å². The number of halogens is 2. The van der Waals surface area contributed by atoms with E-state index in [2.05, 4.69) is 15.0 Å². The van der Waals surface area contributed by atoms with E-state index < -0.39 is 21.7 Å². The Balaban J connectivity index is 1.78. The third kappa shape index (κ3) is 4.18. The molecule has 0 aliphatic carbocycles. The molecule has 0 unspecified atom stereocenters. The van der Waals surface area contributed by atoms with Gasteiger partial charge in [0.05, 0.1) is 5.02 Å². The molecule has 0 bridgehead atoms. The lowest BCUT2D eigenvalue weighted by Crippen LogP contribution is -2.15. The van der Waals surface area contributed by atoms with Crippen molar-refractivity contribution in [1.82, 2.24) is 4.98 Å². The Hall–Kier alpha value is -2.49. The maximum atomic E-state index is 13.2. The van der Waals surface area contributed by atoms with Gasteiger partial charge in [0.1, 0.15) is 15.8 Å². The monoisotopic (exact) mass is 411 g/mol. The number of aromatic nitrogens is 1. The number of amides is 1. The minimum Gasteiger partial charge on any atom is -0.322 e. The zero-order valence-corrected chi connectivity index (χ0v) is 15.3. The first-order chi connectivity index (χ1) is 12.3. The molecule has 26 heavy (non-hydrogen) atoms. The van der Waals surface area contributed by atoms with Gasteiger partial charge in [0, 0.05) is 17.4 Å². The number of carbonyl (C=O) groups excluding carboxylic acids is 1. The van der Waals surface area contributed by atoms with Gasteiger partial charge in [-0.1, -0.05) is 17.7 Å². The molecule has 1 aromatic carbocycles. The molecule has 3 aromatic rings. The van der Waals surface area contributed by atoms with E-state index in [0.717, 1.165) is 17.4 Å². The fourth-order valence-corrected chi connectivity index (χ4v) is 4.18. The molecule has 0 aliphatic rings. The summed E-state index contributed by atoms with van der Waals surface area (Å²) in [7, 11) is -3.77. The summed E-state index contributed by atoms with van der Waals surface area (Å²) in [5.41, 5.74) is 0.475. The Kier molecular flexibility index (Phi) is 5.21. The van der Waals surface area contributed by atoms with Crippen molar-refractivity contribution < 1.29 is 17.6 Å². The molecule has 2 N–H and O–H groups in total. The van der Waals surface area contributed by atoms with Crippen LogP contribution in [0.1, 0.15) is 10.4 Å². The Bertz CT molecular complexity index is 1060. The van der Waals surface area contributed by atoms with Crippen LogP contribution in [0.3, 0.4) is 0 Å². The number of carbonyl (C=O) groups is 1. The predicted octanol–water partition coefficient (Wildman–Crippen LogP) is 3.99. The normalized spacial score (nSPS) is 11.2. The van der Waals surface area contributed by atoms with Crippen molar-refractivity contribution in [3.8, 4) is 0 Å². The molecule has 0 atom stereocenters. The number of rotatable bonds is 5. The van der Waals surface area contributed by atoms with Crippen LogP contribution in [0.5, 0.6) is 0 Å². The van der Waals surface area contributed by atoms with Crippen LogP contribution >= 0.6 is 22.9 Å². The third-order valence-corrected chi connectivity index (χ3v) is 6.24. The van der Waals surface area contributed by atoms with E-state index in [0.29, 0.717) is 5.69 Å². The highest BCUT2D eigenvalue weighted by Gasteiger charge is 2.17. The summed E-state index contributed by atoms with van der Waals surface area (Å²) >= 11 is 6.74. The number of anilines is 2. The van der Waals surface area contributed by atoms with Crippen LogP contribution in [0.25, 0.3) is 0 Å². The maximum absolute atomic E-state index is 13.2. The third-order valence-electron chi connectivity index (χ3n) is 3.20. The van der Waals surface area contributed by atoms with Gasteiger partial charge in [-0.15, -0.1) is 11.3 Å². The lowest BCUT2D eigenvalue weighted by Gasteiger charge is -2.08. The number of nitrogens with zero attached hydrogens (tertiary/aromatic N) is 1. The van der Waals surface area contributed by atoms with E-state index in [-0.39, 0.29) is 20.6 Å². The molecule has 2 aromatic heterocycles. The summed E-state index contributed by atoms with van der Waals surface area (Å²) < 4.78 is 40.0. The number of hydrogen-bond acceptors (Lipinski definition) is 5. The Morgan fingerprint density at radius 3 is 2.69 bits per heavy atom. The van der Waals surface area contributed by atoms with Crippen LogP contribution in [-0.4, -0.2) is 19.3 Å². The van der Waals surface area contributed by atoms with Gasteiger partial charge >= 0.3 is 0 Å². The second-order valence-electron chi connectivity index (χ2n) is 5.05. The number of benzene rings is 1. The number of sulfonamides is 1. The van der Waals surface area contributed by atoms with E-state index in [1.807, 2.05) is 0 Å². The minimum absolute atomic E-state index is 0.00295. The Morgan fingerprint density at radius 2 is 2.00 bits per heavy atom. The van der Waals surface area contributed by atoms with Crippen LogP contribution in [0.4, 0.5) is 15.9 Å². The molecule has 0 fully saturated rings. The highest BCUT2D eigenvalue weighted by Crippen LogP contribution is 2.21. The highest BCUT2D eigenvalue weighted by atomic mass is 35.5. The van der Waals surface area contributed by atoms with E-state index in [1.165, 1.54) is 36.5 Å². The molecule has 0 saturated heterocycles. The van der Waals surface area contributed by atoms with Crippen molar-refractivity contribution in [3.63, 3.8) is 0 Å². The van der Waals surface area contributed by atoms with E-state index in [9.17, 15) is 17.6 Å². The van der Waals surface area contributed by atoms with Gasteiger partial charge in [-0.2, -0.15) is 0 Å². The largest absolute Gasteiger partial charge is 0.322 e. The van der Waals surface area contributed by atoms with Gasteiger partial charge in [-0.25, -0.2) is 17.8 Å². The van der Waals surface area contributed by atoms with Crippen LogP contribution in [0.15, 0.2) is 58.3 Å². The standard InChI is InChI=1S/C16H11ClFN3O3S2/c17-12-9-11(3-4-13(12)18)20-16(22)10-5-6-19-14(8-10)21-26(23,24)15-2-1-7-25-15/h1-9H,(H,19,21)(H,20,22). The van der Waals surface area contributed by atoms with Crippen molar-refractivity contribution in [2.75, 3.05) is 10.0 Å². The van der Waals surface area contributed by atoms with E-state index in [4.69, 9.17) is 11.6 Å². The minimum atomic E-state index is -3.77. The van der Waals surface area contributed by atoms with Crippen LogP contribution in [0, 0.1) is 5.82 Å². The predicted molar refractivity (Wildman–Crippen MR) is 98.7 cm³/mol. The zero-order valence-electron chi connectivity index (χ0n) is 12.9. The van der Waals surface area contributed by atoms with Crippen LogP contribution in [-0.2, 0) is 10.0 Å². The summed E-state index contributed by atoms with van der Waals surface area (Å²) in [5.74, 6) is -1.12. The average molecular weight is 412 g/mol. The lowest BCUT2D eigenvalue weighted by atomic mass is 10.2. The number of nitrogens with one attached hydrogen (secondary N) is 2. The molecule has 134 valence electrons. The maximum Gasteiger partial charge on any atom is 0.272 e. The number of thiophene rings is 1. The first-order valence-electron chi connectivity index (χ1n) is 7.14. The molecule has 0 aliphatic heterocycles. The molecule has 6 nitrogen and oxygen atoms in total. The van der Waals surface area contributed by atoms with Crippen LogP contribution < -0.4 is 10.0 Å². The Morgan fingerprint density at radius 1 is 1.19 bits per heavy atom. The zero-order chi connectivity index (χ0) is 18.7. The molecule has 1 amide bonds. The van der Waals surface area contributed by atoms with Gasteiger partial charge in [0.15, 0.2) is 0 Å². The fraction of sp³-hybridized carbons (Fsp3) is 0. The number of pyridine rings is 1. The van der Waals surface area contributed by atoms with Gasteiger partial charge < -0.3 is 5.32 Å². The molecule has 0 radical (unpaired) electrons. The summed E-state index contributed by atoms with van der Waals surface area (Å²) in [4.78, 5) is 16.2. The summed E-state index contributed by atoms with van der Waals surface area (Å²) in [6, 6.07) is 9.56. The molecule has 3 rings (SSSR count). The van der Waals surface area contributed by atoms with Gasteiger partial charge in [0.25, 0.3) is 15.9 Å². The first-order valence-corrected chi connectivity index (χ1v) is 9.88. The lowest BCUT2D eigenvalue weighted by molar-refractivity contribution is 0.102. The highest BCUT2D eigenvalue weighted by molar-refractivity contribution is 7.94. The fourth-order valence-electron chi connectivity index (χ4n) is 2.01. The summed E-state index contributed by atoms with van der Waals surface area (Å²) in [6.07, 6.45) is 1.30. The van der Waals surface area contributed by atoms with E-state index in [1.54, 1.807) is 11.4 Å². The van der Waals surface area contributed by atoms with Crippen molar-refractivity contribution in [1.29, 1.82) is 0 Å². The Labute approximate surface area is 157 Å². The topological polar surface area (TPSA) is 88.2 Å². The summed E-state index contributed by atoms with van der Waals surface area (Å²) in [6.45, 7) is 0. The summed E-state index contributed by atoms with van der Waals surface area (Å²) in [5, 5.41) is 4.07. The number of hydrogen-bond donors (Lipinski definition) is 2.